The summed E-state index contributed by atoms with van der Waals surface area (Å²) < 4.78 is 43.0. The standard InChI is InChI=1S/C52H62N10O7S/c1-33(2)40-8-5-6-9-41(40)43-10-7-17-60(43)38-28-52(29-38)14-18-59(19-15-52)37-11-12-42(44(25-37)61-30-34(3)69-51-46(61)24-35-13-16-53-49(35)55-51)50(63)56-70(66,67)39-26-45(62(64)65)48-47(27-39)68-32-36(54-48)31-58-22-20-57(4)21-23-58/h5-6,8-9,11-13,16,24-27,34,36,38,43,54H,1,7,10,14-15,17-23,28-32H2,2-4H3,(H,53,55)(H,56,63)/t34-,36+,43+/m1/s1. The minimum atomic E-state index is -4.66. The Labute approximate surface area is 409 Å². The molecule has 5 aliphatic heterocycles. The van der Waals surface area contributed by atoms with Crippen molar-refractivity contribution in [1.29, 1.82) is 0 Å². The number of aromatic amines is 1. The van der Waals surface area contributed by atoms with Gasteiger partial charge in [-0.05, 0) is 113 Å². The fraction of sp³-hybridized carbons (Fsp3) is 0.462. The zero-order valence-electron chi connectivity index (χ0n) is 40.2. The molecule has 2 aromatic heterocycles. The van der Waals surface area contributed by atoms with E-state index in [1.54, 1.807) is 12.3 Å². The van der Waals surface area contributed by atoms with Gasteiger partial charge in [-0.1, -0.05) is 36.4 Å². The molecule has 11 rings (SSSR count). The van der Waals surface area contributed by atoms with E-state index in [1.165, 1.54) is 42.9 Å². The zero-order chi connectivity index (χ0) is 48.5. The average Bonchev–Trinajstić information content (AvgIpc) is 4.02. The van der Waals surface area contributed by atoms with Gasteiger partial charge in [0, 0.05) is 87.3 Å². The maximum atomic E-state index is 14.6. The highest BCUT2D eigenvalue weighted by Gasteiger charge is 2.50. The molecule has 1 amide bonds. The van der Waals surface area contributed by atoms with Crippen LogP contribution in [0.5, 0.6) is 11.6 Å². The molecule has 1 saturated carbocycles. The van der Waals surface area contributed by atoms with E-state index in [2.05, 4.69) is 79.4 Å². The number of nitro benzene ring substituents is 1. The predicted octanol–water partition coefficient (Wildman–Crippen LogP) is 7.55. The summed E-state index contributed by atoms with van der Waals surface area (Å²) in [5.41, 5.74) is 6.57. The Hall–Kier alpha value is -6.21. The van der Waals surface area contributed by atoms with Crippen LogP contribution in [-0.4, -0.2) is 135 Å². The van der Waals surface area contributed by atoms with Crippen LogP contribution in [0.15, 0.2) is 84.4 Å². The van der Waals surface area contributed by atoms with E-state index >= 15 is 0 Å². The number of amides is 1. The van der Waals surface area contributed by atoms with Crippen LogP contribution >= 0.6 is 0 Å². The highest BCUT2D eigenvalue weighted by Crippen LogP contribution is 2.54. The summed E-state index contributed by atoms with van der Waals surface area (Å²) in [6.45, 7) is 15.9. The molecular weight excluding hydrogens is 909 g/mol. The quantitative estimate of drug-likeness (QED) is 0.0872. The number of rotatable bonds is 11. The Bertz CT molecular complexity index is 2970. The maximum absolute atomic E-state index is 14.6. The number of pyridine rings is 1. The van der Waals surface area contributed by atoms with Crippen molar-refractivity contribution in [3.63, 3.8) is 0 Å². The molecule has 0 unspecified atom stereocenters. The van der Waals surface area contributed by atoms with Gasteiger partial charge in [-0.25, -0.2) is 13.1 Å². The van der Waals surface area contributed by atoms with E-state index in [0.29, 0.717) is 48.1 Å². The molecule has 0 bridgehead atoms. The number of hydrogen-bond donors (Lipinski definition) is 3. The fourth-order valence-electron chi connectivity index (χ4n) is 12.0. The van der Waals surface area contributed by atoms with Gasteiger partial charge in [0.15, 0.2) is 11.4 Å². The van der Waals surface area contributed by atoms with E-state index in [-0.39, 0.29) is 41.2 Å². The minimum absolute atomic E-state index is 0.0366. The fourth-order valence-corrected chi connectivity index (χ4v) is 13.0. The molecule has 4 fully saturated rings. The Morgan fingerprint density at radius 3 is 2.54 bits per heavy atom. The second-order valence-electron chi connectivity index (χ2n) is 20.5. The zero-order valence-corrected chi connectivity index (χ0v) is 41.0. The second-order valence-corrected chi connectivity index (χ2v) is 22.2. The molecule has 1 spiro atoms. The smallest absolute Gasteiger partial charge is 0.297 e. The molecule has 3 saturated heterocycles. The lowest BCUT2D eigenvalue weighted by molar-refractivity contribution is -0.384. The minimum Gasteiger partial charge on any atom is -0.489 e. The summed E-state index contributed by atoms with van der Waals surface area (Å²) in [7, 11) is -2.58. The number of likely N-dealkylation sites (N-methyl/N-ethyl adjacent to an activating group) is 1. The molecule has 3 N–H and O–H groups in total. The highest BCUT2D eigenvalue weighted by atomic mass is 32.2. The number of fused-ring (bicyclic) bond motifs is 3. The highest BCUT2D eigenvalue weighted by molar-refractivity contribution is 7.90. The summed E-state index contributed by atoms with van der Waals surface area (Å²) in [6.07, 6.45) is 8.32. The van der Waals surface area contributed by atoms with Crippen molar-refractivity contribution in [2.75, 3.05) is 87.7 Å². The Balaban J connectivity index is 0.845. The van der Waals surface area contributed by atoms with Crippen LogP contribution in [0.4, 0.5) is 28.4 Å². The molecule has 6 aliphatic rings. The molecule has 70 heavy (non-hydrogen) atoms. The number of anilines is 4. The van der Waals surface area contributed by atoms with Crippen LogP contribution < -0.4 is 29.3 Å². The second kappa shape index (κ2) is 18.2. The molecule has 3 aromatic carbocycles. The third-order valence-corrected chi connectivity index (χ3v) is 17.1. The largest absolute Gasteiger partial charge is 0.489 e. The van der Waals surface area contributed by atoms with E-state index in [9.17, 15) is 23.3 Å². The maximum Gasteiger partial charge on any atom is 0.297 e. The molecule has 18 heteroatoms. The lowest BCUT2D eigenvalue weighted by Gasteiger charge is -2.56. The molecule has 368 valence electrons. The van der Waals surface area contributed by atoms with E-state index < -0.39 is 31.4 Å². The van der Waals surface area contributed by atoms with Crippen LogP contribution in [0.25, 0.3) is 16.6 Å². The number of piperidine rings is 1. The van der Waals surface area contributed by atoms with Crippen LogP contribution in [0.2, 0.25) is 0 Å². The number of piperazine rings is 1. The van der Waals surface area contributed by atoms with Crippen molar-refractivity contribution in [2.45, 2.75) is 81.5 Å². The molecular formula is C52H62N10O7S. The van der Waals surface area contributed by atoms with Crippen molar-refractivity contribution in [3.8, 4) is 11.6 Å². The van der Waals surface area contributed by atoms with Crippen molar-refractivity contribution in [2.24, 2.45) is 5.41 Å². The first-order chi connectivity index (χ1) is 33.7. The summed E-state index contributed by atoms with van der Waals surface area (Å²) in [5.74, 6) is -0.454. The summed E-state index contributed by atoms with van der Waals surface area (Å²) >= 11 is 0. The van der Waals surface area contributed by atoms with E-state index in [1.807, 2.05) is 36.1 Å². The number of aromatic nitrogens is 2. The van der Waals surface area contributed by atoms with Crippen molar-refractivity contribution < 1.29 is 27.6 Å². The van der Waals surface area contributed by atoms with Gasteiger partial charge in [-0.15, -0.1) is 0 Å². The van der Waals surface area contributed by atoms with Gasteiger partial charge in [-0.3, -0.25) is 24.7 Å². The number of allylic oxidation sites excluding steroid dienone is 1. The summed E-state index contributed by atoms with van der Waals surface area (Å²) in [5, 5.41) is 16.6. The van der Waals surface area contributed by atoms with E-state index in [0.717, 1.165) is 81.4 Å². The van der Waals surface area contributed by atoms with Crippen LogP contribution in [0.1, 0.15) is 79.9 Å². The lowest BCUT2D eigenvalue weighted by Crippen LogP contribution is -2.55. The first-order valence-electron chi connectivity index (χ1n) is 24.7. The SMILES string of the molecule is C=C(C)c1ccccc1[C@@H]1CCCN1C1CC2(CCN(c3ccc(C(=O)NS(=O)(=O)c4cc5c(c([N+](=O)[O-])c4)N[C@@H](CN4CCN(C)CC4)CO5)c(N4C[C@@H](C)Oc5nc6[nH]ccc6cc54)c3)CC2)C1. The van der Waals surface area contributed by atoms with Gasteiger partial charge in [0.2, 0.25) is 5.88 Å². The number of nitrogens with one attached hydrogen (secondary N) is 3. The Morgan fingerprint density at radius 1 is 0.986 bits per heavy atom. The third-order valence-electron chi connectivity index (χ3n) is 15.8. The summed E-state index contributed by atoms with van der Waals surface area (Å²) in [6, 6.07) is 21.1. The third kappa shape index (κ3) is 8.72. The van der Waals surface area contributed by atoms with Crippen LogP contribution in [0, 0.1) is 15.5 Å². The normalized spacial score (nSPS) is 22.9. The number of likely N-dealkylation sites (tertiary alicyclic amines) is 1. The van der Waals surface area contributed by atoms with Crippen molar-refractivity contribution in [1.82, 2.24) is 29.4 Å². The number of sulfonamides is 1. The first kappa shape index (κ1) is 46.2. The van der Waals surface area contributed by atoms with Crippen molar-refractivity contribution >= 4 is 61.0 Å². The number of nitrogens with zero attached hydrogens (tertiary/aromatic N) is 7. The topological polar surface area (TPSA) is 182 Å². The van der Waals surface area contributed by atoms with E-state index in [4.69, 9.17) is 14.5 Å². The van der Waals surface area contributed by atoms with Gasteiger partial charge >= 0.3 is 0 Å². The van der Waals surface area contributed by atoms with Gasteiger partial charge in [-0.2, -0.15) is 4.98 Å². The number of hydrogen-bond acceptors (Lipinski definition) is 14. The number of H-pyrrole nitrogens is 1. The first-order valence-corrected chi connectivity index (χ1v) is 26.2. The molecule has 7 heterocycles. The predicted molar refractivity (Wildman–Crippen MR) is 271 cm³/mol. The van der Waals surface area contributed by atoms with Gasteiger partial charge in [0.1, 0.15) is 24.0 Å². The number of benzene rings is 3. The lowest BCUT2D eigenvalue weighted by atomic mass is 9.59. The van der Waals surface area contributed by atoms with Crippen LogP contribution in [0.3, 0.4) is 0 Å². The molecule has 3 atom stereocenters. The monoisotopic (exact) mass is 970 g/mol. The number of ether oxygens (including phenoxy) is 2. The molecule has 5 aromatic rings. The Morgan fingerprint density at radius 2 is 1.77 bits per heavy atom. The average molecular weight is 971 g/mol. The van der Waals surface area contributed by atoms with Gasteiger partial charge < -0.3 is 34.5 Å². The molecule has 0 radical (unpaired) electrons. The number of nitro groups is 1. The Kier molecular flexibility index (Phi) is 12.0. The summed E-state index contributed by atoms with van der Waals surface area (Å²) in [4.78, 5) is 45.6. The van der Waals surface area contributed by atoms with Gasteiger partial charge in [0.25, 0.3) is 21.6 Å². The van der Waals surface area contributed by atoms with Crippen molar-refractivity contribution in [3.05, 3.63) is 106 Å². The molecule has 1 aliphatic carbocycles. The van der Waals surface area contributed by atoms with Gasteiger partial charge in [0.05, 0.1) is 33.7 Å². The molecule has 17 nitrogen and oxygen atoms in total. The number of carbonyl (C=O) groups is 1. The van der Waals surface area contributed by atoms with Crippen LogP contribution in [-0.2, 0) is 10.0 Å². The number of carbonyl (C=O) groups excluding carboxylic acids is 1.